The third-order valence-electron chi connectivity index (χ3n) is 3.69. The van der Waals surface area contributed by atoms with E-state index >= 15 is 0 Å². The van der Waals surface area contributed by atoms with Crippen molar-refractivity contribution in [2.45, 2.75) is 6.42 Å². The molecule has 2 aromatic heterocycles. The largest absolute Gasteiger partial charge is 0.550 e. The fourth-order valence-electron chi connectivity index (χ4n) is 2.57. The third kappa shape index (κ3) is 3.25. The van der Waals surface area contributed by atoms with Crippen molar-refractivity contribution < 1.29 is 9.90 Å². The molecular weight excluding hydrogens is 334 g/mol. The van der Waals surface area contributed by atoms with Gasteiger partial charge < -0.3 is 9.90 Å². The Kier molecular flexibility index (Phi) is 3.95. The van der Waals surface area contributed by atoms with Gasteiger partial charge in [0.15, 0.2) is 0 Å². The van der Waals surface area contributed by atoms with E-state index in [1.807, 2.05) is 48.5 Å². The first-order valence-electron chi connectivity index (χ1n) is 7.67. The monoisotopic (exact) mass is 346 g/mol. The number of aromatic nitrogens is 3. The van der Waals surface area contributed by atoms with Crippen LogP contribution in [0.25, 0.3) is 32.9 Å². The molecule has 4 aromatic rings. The number of nitrogens with zero attached hydrogens (tertiary/aromatic N) is 3. The van der Waals surface area contributed by atoms with Crippen LogP contribution in [0.2, 0.25) is 0 Å². The Morgan fingerprint density at radius 2 is 1.72 bits per heavy atom. The summed E-state index contributed by atoms with van der Waals surface area (Å²) in [6, 6.07) is 15.2. The number of carboxylic acid groups (broad SMARTS) is 1. The highest BCUT2D eigenvalue weighted by atomic mass is 32.1. The topological polar surface area (TPSA) is 78.8 Å². The second-order valence-corrected chi connectivity index (χ2v) is 6.52. The average Bonchev–Trinajstić information content (AvgIpc) is 3.05. The molecule has 5 nitrogen and oxygen atoms in total. The molecule has 0 unspecified atom stereocenters. The lowest BCUT2D eigenvalue weighted by molar-refractivity contribution is -0.304. The lowest BCUT2D eigenvalue weighted by atomic mass is 10.1. The number of fused-ring (bicyclic) bond motifs is 2. The Labute approximate surface area is 147 Å². The first-order valence-corrected chi connectivity index (χ1v) is 8.49. The molecule has 25 heavy (non-hydrogen) atoms. The van der Waals surface area contributed by atoms with E-state index in [9.17, 15) is 9.90 Å². The van der Waals surface area contributed by atoms with Gasteiger partial charge in [-0.15, -0.1) is 11.3 Å². The Morgan fingerprint density at radius 1 is 1.00 bits per heavy atom. The second kappa shape index (κ2) is 6.41. The summed E-state index contributed by atoms with van der Waals surface area (Å²) in [6.07, 6.45) is 3.12. The van der Waals surface area contributed by atoms with Crippen molar-refractivity contribution in [3.05, 3.63) is 65.4 Å². The summed E-state index contributed by atoms with van der Waals surface area (Å²) in [5, 5.41) is 11.8. The lowest BCUT2D eigenvalue weighted by Crippen LogP contribution is -2.22. The Balaban J connectivity index is 1.81. The van der Waals surface area contributed by atoms with Crippen molar-refractivity contribution in [2.24, 2.45) is 0 Å². The van der Waals surface area contributed by atoms with Crippen LogP contribution < -0.4 is 5.11 Å². The maximum atomic E-state index is 11.2. The van der Waals surface area contributed by atoms with Crippen molar-refractivity contribution in [1.82, 2.24) is 15.0 Å². The molecule has 0 fully saturated rings. The number of thiazole rings is 1. The van der Waals surface area contributed by atoms with E-state index in [1.54, 1.807) is 12.3 Å². The quantitative estimate of drug-likeness (QED) is 0.568. The molecule has 6 heteroatoms. The summed E-state index contributed by atoms with van der Waals surface area (Å²) >= 11 is 1.45. The molecule has 2 heterocycles. The van der Waals surface area contributed by atoms with E-state index in [1.165, 1.54) is 11.3 Å². The Morgan fingerprint density at radius 3 is 2.48 bits per heavy atom. The summed E-state index contributed by atoms with van der Waals surface area (Å²) in [6.45, 7) is 0. The number of hydrogen-bond donors (Lipinski definition) is 0. The molecule has 0 bridgehead atoms. The van der Waals surface area contributed by atoms with Gasteiger partial charge in [-0.3, -0.25) is 4.98 Å². The predicted octanol–water partition coefficient (Wildman–Crippen LogP) is 2.92. The van der Waals surface area contributed by atoms with E-state index in [0.29, 0.717) is 16.3 Å². The number of benzene rings is 2. The number of carbonyl (C=O) groups is 1. The molecule has 0 saturated carbocycles. The number of carboxylic acids is 1. The van der Waals surface area contributed by atoms with Gasteiger partial charge in [-0.2, -0.15) is 0 Å². The zero-order valence-corrected chi connectivity index (χ0v) is 13.9. The van der Waals surface area contributed by atoms with Crippen LogP contribution in [0, 0.1) is 0 Å². The standard InChI is InChI=1S/C19H13N3O2S/c23-18(24)10-12(19-22-16-7-3-4-8-17(16)25-19)9-13-11-20-14-5-1-2-6-15(14)21-13/h1-9,11H,10H2,(H,23,24)/p-1/b12-9+. The van der Waals surface area contributed by atoms with Crippen LogP contribution in [-0.4, -0.2) is 20.9 Å². The van der Waals surface area contributed by atoms with Gasteiger partial charge in [0.2, 0.25) is 0 Å². The summed E-state index contributed by atoms with van der Waals surface area (Å²) in [4.78, 5) is 24.6. The van der Waals surface area contributed by atoms with E-state index in [2.05, 4.69) is 15.0 Å². The van der Waals surface area contributed by atoms with Crippen molar-refractivity contribution in [3.63, 3.8) is 0 Å². The molecule has 0 aliphatic carbocycles. The van der Waals surface area contributed by atoms with Crippen LogP contribution in [0.4, 0.5) is 0 Å². The molecule has 0 aliphatic heterocycles. The Hall–Kier alpha value is -3.12. The van der Waals surface area contributed by atoms with Crippen molar-refractivity contribution in [2.75, 3.05) is 0 Å². The van der Waals surface area contributed by atoms with E-state index in [-0.39, 0.29) is 6.42 Å². The van der Waals surface area contributed by atoms with Crippen LogP contribution in [0.5, 0.6) is 0 Å². The summed E-state index contributed by atoms with van der Waals surface area (Å²) < 4.78 is 1.01. The molecule has 0 amide bonds. The van der Waals surface area contributed by atoms with E-state index in [4.69, 9.17) is 0 Å². The van der Waals surface area contributed by atoms with Crippen LogP contribution >= 0.6 is 11.3 Å². The maximum absolute atomic E-state index is 11.2. The smallest absolute Gasteiger partial charge is 0.121 e. The average molecular weight is 346 g/mol. The minimum Gasteiger partial charge on any atom is -0.550 e. The zero-order chi connectivity index (χ0) is 17.2. The molecule has 0 spiro atoms. The molecule has 0 N–H and O–H groups in total. The fraction of sp³-hybridized carbons (Fsp3) is 0.0526. The minimum absolute atomic E-state index is 0.228. The van der Waals surface area contributed by atoms with Gasteiger partial charge in [0.1, 0.15) is 5.01 Å². The van der Waals surface area contributed by atoms with Crippen LogP contribution in [-0.2, 0) is 4.79 Å². The normalized spacial score (nSPS) is 11.9. The molecule has 2 aromatic carbocycles. The van der Waals surface area contributed by atoms with E-state index in [0.717, 1.165) is 21.3 Å². The maximum Gasteiger partial charge on any atom is 0.121 e. The zero-order valence-electron chi connectivity index (χ0n) is 13.0. The van der Waals surface area contributed by atoms with Gasteiger partial charge in [0.25, 0.3) is 0 Å². The summed E-state index contributed by atoms with van der Waals surface area (Å²) in [5.41, 5.74) is 3.55. The van der Waals surface area contributed by atoms with E-state index < -0.39 is 5.97 Å². The molecule has 0 radical (unpaired) electrons. The number of hydrogen-bond acceptors (Lipinski definition) is 6. The van der Waals surface area contributed by atoms with Gasteiger partial charge in [-0.05, 0) is 35.9 Å². The van der Waals surface area contributed by atoms with Gasteiger partial charge in [0, 0.05) is 12.4 Å². The van der Waals surface area contributed by atoms with Gasteiger partial charge in [-0.1, -0.05) is 24.3 Å². The molecule has 4 rings (SSSR count). The molecule has 0 atom stereocenters. The van der Waals surface area contributed by atoms with Crippen LogP contribution in [0.15, 0.2) is 54.7 Å². The van der Waals surface area contributed by atoms with Crippen LogP contribution in [0.1, 0.15) is 17.1 Å². The van der Waals surface area contributed by atoms with Crippen molar-refractivity contribution in [1.29, 1.82) is 0 Å². The highest BCUT2D eigenvalue weighted by molar-refractivity contribution is 7.19. The molecule has 122 valence electrons. The van der Waals surface area contributed by atoms with Crippen molar-refractivity contribution >= 4 is 50.2 Å². The second-order valence-electron chi connectivity index (χ2n) is 5.49. The molecule has 0 saturated heterocycles. The molecule has 0 aliphatic rings. The minimum atomic E-state index is -1.15. The molecular formula is C19H12N3O2S-. The van der Waals surface area contributed by atoms with Gasteiger partial charge in [-0.25, -0.2) is 9.97 Å². The van der Waals surface area contributed by atoms with Gasteiger partial charge >= 0.3 is 0 Å². The number of carbonyl (C=O) groups excluding carboxylic acids is 1. The number of rotatable bonds is 4. The third-order valence-corrected chi connectivity index (χ3v) is 4.80. The highest BCUT2D eigenvalue weighted by Crippen LogP contribution is 2.29. The number of aliphatic carboxylic acids is 1. The SMILES string of the molecule is O=C([O-])C/C(=C\c1cnc2ccccc2n1)c1nc2ccccc2s1. The Bertz CT molecular complexity index is 1080. The van der Waals surface area contributed by atoms with Crippen molar-refractivity contribution in [3.8, 4) is 0 Å². The summed E-state index contributed by atoms with van der Waals surface area (Å²) in [7, 11) is 0. The van der Waals surface area contributed by atoms with Gasteiger partial charge in [0.05, 0.1) is 33.1 Å². The lowest BCUT2D eigenvalue weighted by Gasteiger charge is -2.06. The highest BCUT2D eigenvalue weighted by Gasteiger charge is 2.10. The fourth-order valence-corrected chi connectivity index (χ4v) is 3.55. The first kappa shape index (κ1) is 15.4. The predicted molar refractivity (Wildman–Crippen MR) is 96.7 cm³/mol. The first-order chi connectivity index (χ1) is 12.2. The van der Waals surface area contributed by atoms with Crippen LogP contribution in [0.3, 0.4) is 0 Å². The number of para-hydroxylation sites is 3. The summed E-state index contributed by atoms with van der Waals surface area (Å²) in [5.74, 6) is -1.15.